The highest BCUT2D eigenvalue weighted by molar-refractivity contribution is 6.26. The Morgan fingerprint density at radius 1 is 0.311 bits per heavy atom. The van der Waals surface area contributed by atoms with Crippen LogP contribution in [0.2, 0.25) is 0 Å². The van der Waals surface area contributed by atoms with Crippen LogP contribution in [0, 0.1) is 0 Å². The molecule has 17 rings (SSSR count). The molecule has 0 saturated carbocycles. The number of hydrogen-bond donors (Lipinski definition) is 1. The normalized spacial score (nSPS) is 12.1. The van der Waals surface area contributed by atoms with Crippen molar-refractivity contribution in [1.29, 1.82) is 0 Å². The fourth-order valence-corrected chi connectivity index (χ4v) is 16.6. The van der Waals surface area contributed by atoms with E-state index in [2.05, 4.69) is 49.1 Å². The number of unbranched alkanes of at least 4 members (excludes halogenated alkanes) is 5. The average Bonchev–Trinajstić information content (AvgIpc) is 1.51. The van der Waals surface area contributed by atoms with E-state index >= 15 is 0 Å². The van der Waals surface area contributed by atoms with Crippen molar-refractivity contribution in [2.45, 2.75) is 105 Å². The molecule has 4 aromatic heterocycles. The van der Waals surface area contributed by atoms with Crippen molar-refractivity contribution >= 4 is 134 Å². The van der Waals surface area contributed by atoms with Crippen molar-refractivity contribution in [3.8, 4) is 0 Å². The summed E-state index contributed by atoms with van der Waals surface area (Å²) < 4.78 is 28.9. The highest BCUT2D eigenvalue weighted by atomic mass is 16.5. The Balaban J connectivity index is 0.000000133. The molecule has 1 aliphatic heterocycles. The van der Waals surface area contributed by atoms with Crippen LogP contribution in [0.1, 0.15) is 173 Å². The maximum atomic E-state index is 13.8. The molecule has 0 atom stereocenters. The molecule has 1 N–H and O–H groups in total. The van der Waals surface area contributed by atoms with Crippen molar-refractivity contribution in [3.63, 3.8) is 0 Å². The minimum Gasteiger partial charge on any atom is -0.478 e. The minimum atomic E-state index is -0.993. The van der Waals surface area contributed by atoms with Gasteiger partial charge in [-0.25, -0.2) is 14.4 Å². The first-order valence-electron chi connectivity index (χ1n) is 42.0. The van der Waals surface area contributed by atoms with Gasteiger partial charge in [-0.15, -0.1) is 0 Å². The van der Waals surface area contributed by atoms with Gasteiger partial charge in [0.2, 0.25) is 0 Å². The van der Waals surface area contributed by atoms with E-state index < -0.39 is 17.9 Å². The number of aryl methyl sites for hydroxylation is 3. The maximum Gasteiger partial charge on any atom is 0.338 e. The lowest BCUT2D eigenvalue weighted by Crippen LogP contribution is -2.38. The molecule has 5 heterocycles. The number of hydrogen-bond acceptors (Lipinski definition) is 13. The lowest BCUT2D eigenvalue weighted by atomic mass is 9.94. The van der Waals surface area contributed by atoms with Crippen molar-refractivity contribution < 1.29 is 62.4 Å². The van der Waals surface area contributed by atoms with E-state index in [9.17, 15) is 43.5 Å². The number of esters is 3. The van der Waals surface area contributed by atoms with Crippen molar-refractivity contribution in [1.82, 2.24) is 23.2 Å². The predicted octanol–water partition coefficient (Wildman–Crippen LogP) is 21.8. The fourth-order valence-electron chi connectivity index (χ4n) is 16.6. The van der Waals surface area contributed by atoms with Crippen LogP contribution >= 0.6 is 0 Å². The van der Waals surface area contributed by atoms with Gasteiger partial charge in [0.15, 0.2) is 23.1 Å². The summed E-state index contributed by atoms with van der Waals surface area (Å²) in [7, 11) is 2.73. The van der Waals surface area contributed by atoms with Gasteiger partial charge in [0.05, 0.1) is 50.7 Å². The van der Waals surface area contributed by atoms with Crippen molar-refractivity contribution in [3.05, 3.63) is 335 Å². The number of benzene rings is 12. The van der Waals surface area contributed by atoms with E-state index in [-0.39, 0.29) is 34.7 Å². The number of rotatable bonds is 28. The standard InChI is InChI=1S/C27H26N2O4.2C26H25NO3.C25H23NO3/c1-32-27(31)23-11-10-22(19-6-2-3-7-20(19)23)26(30)24-18-29(25-9-5-4-8-21(24)25)13-12-28-14-16-33-17-15-28;1-3-4-9-16-27-17-23(20-12-7-8-13-24(20)27)25(28)21-14-15-22(26(29)30-2)19-11-6-5-10-18(19)21;1-2-30-25(28)16-7-8-17-27-18-23(21-13-5-6-15-24(21)27)26(29)22-14-9-11-19-10-3-4-12-20(19)22;1-2-3-8-15-26-16-22(19-11-6-7-12-23(19)26)24(27)20-13-14-21(25(28)29)18-10-5-4-9-17(18)20/h2-11,18H,12-17H2,1H3;5-8,10-15,17H,3-4,9,16H2,1-2H3;3-6,9-15,18H,2,7-8,16-17H2,1H3;4-7,9-14,16H,2-3,8,15H2,1H3,(H,28,29). The van der Waals surface area contributed by atoms with Crippen molar-refractivity contribution in [2.75, 3.05) is 53.7 Å². The number of aromatic nitrogens is 4. The zero-order valence-corrected chi connectivity index (χ0v) is 69.5. The van der Waals surface area contributed by atoms with Crippen LogP contribution in [-0.4, -0.2) is 129 Å². The quantitative estimate of drug-likeness (QED) is 0.0209. The second-order valence-corrected chi connectivity index (χ2v) is 30.4. The molecule has 0 amide bonds. The first-order chi connectivity index (χ1) is 59.6. The summed E-state index contributed by atoms with van der Waals surface area (Å²) in [5, 5.41) is 19.5. The van der Waals surface area contributed by atoms with Gasteiger partial charge in [-0.1, -0.05) is 228 Å². The largest absolute Gasteiger partial charge is 0.478 e. The predicted molar refractivity (Wildman–Crippen MR) is 484 cm³/mol. The zero-order valence-electron chi connectivity index (χ0n) is 69.5. The third kappa shape index (κ3) is 18.5. The molecule has 1 fully saturated rings. The number of carbonyl (C=O) groups excluding carboxylic acids is 7. The van der Waals surface area contributed by atoms with E-state index in [1.54, 1.807) is 42.5 Å². The van der Waals surface area contributed by atoms with Crippen LogP contribution < -0.4 is 0 Å². The third-order valence-electron chi connectivity index (χ3n) is 22.8. The third-order valence-corrected chi connectivity index (χ3v) is 22.8. The molecule has 0 radical (unpaired) electrons. The molecule has 12 aromatic carbocycles. The van der Waals surface area contributed by atoms with E-state index in [0.29, 0.717) is 79.3 Å². The smallest absolute Gasteiger partial charge is 0.338 e. The molecule has 0 unspecified atom stereocenters. The van der Waals surface area contributed by atoms with Gasteiger partial charge in [-0.05, 0) is 136 Å². The van der Waals surface area contributed by atoms with Gasteiger partial charge in [0.25, 0.3) is 0 Å². The summed E-state index contributed by atoms with van der Waals surface area (Å²) in [5.41, 5.74) is 10.5. The zero-order chi connectivity index (χ0) is 85.2. The first kappa shape index (κ1) is 84.8. The number of fused-ring (bicyclic) bond motifs is 8. The van der Waals surface area contributed by atoms with E-state index in [4.69, 9.17) is 18.9 Å². The Morgan fingerprint density at radius 3 is 0.984 bits per heavy atom. The molecular weight excluding hydrogens is 1530 g/mol. The number of nitrogens with zero attached hydrogens (tertiary/aromatic N) is 5. The molecule has 0 spiro atoms. The van der Waals surface area contributed by atoms with Crippen LogP contribution in [0.15, 0.2) is 274 Å². The summed E-state index contributed by atoms with van der Waals surface area (Å²) in [4.78, 5) is 104. The number of morpholine rings is 1. The molecule has 18 heteroatoms. The lowest BCUT2D eigenvalue weighted by molar-refractivity contribution is -0.143. The highest BCUT2D eigenvalue weighted by Crippen LogP contribution is 2.35. The number of carboxylic acids is 1. The van der Waals surface area contributed by atoms with Crippen LogP contribution in [0.5, 0.6) is 0 Å². The van der Waals surface area contributed by atoms with Crippen LogP contribution in [0.3, 0.4) is 0 Å². The Labute approximate surface area is 708 Å². The molecule has 16 aromatic rings. The number of carboxylic acid groups (broad SMARTS) is 1. The Bertz CT molecular complexity index is 6560. The van der Waals surface area contributed by atoms with E-state index in [0.717, 1.165) is 186 Å². The SMILES string of the molecule is CCCCCn1cc(C(=O)c2ccc(C(=O)O)c3ccccc23)c2ccccc21.CCCCCn1cc(C(=O)c2ccc(C(=O)OC)c3ccccc23)c2ccccc21.CCOC(=O)CCCCn1cc(C(=O)c2cccc3ccccc23)c2ccccc21.COC(=O)c1ccc(C(=O)c2cn(CCN3CCOCC3)c3ccccc23)c2ccccc12. The second-order valence-electron chi connectivity index (χ2n) is 30.4. The molecule has 0 bridgehead atoms. The topological polar surface area (TPSA) is 217 Å². The summed E-state index contributed by atoms with van der Waals surface area (Å²) in [6, 6.07) is 78.0. The minimum absolute atomic E-state index is 0.0342. The van der Waals surface area contributed by atoms with Gasteiger partial charge < -0.3 is 42.3 Å². The molecule has 18 nitrogen and oxygen atoms in total. The molecule has 1 saturated heterocycles. The molecule has 618 valence electrons. The number of aromatic carboxylic acids is 1. The highest BCUT2D eigenvalue weighted by Gasteiger charge is 2.27. The van der Waals surface area contributed by atoms with Crippen molar-refractivity contribution in [2.24, 2.45) is 0 Å². The number of carbonyl (C=O) groups is 8. The molecular formula is C104H99N5O13. The Kier molecular flexibility index (Phi) is 27.7. The Hall–Kier alpha value is -13.7. The number of ether oxygens (including phenoxy) is 4. The molecule has 1 aliphatic rings. The van der Waals surface area contributed by atoms with Crippen LogP contribution in [0.25, 0.3) is 86.7 Å². The van der Waals surface area contributed by atoms with Crippen LogP contribution in [0.4, 0.5) is 0 Å². The van der Waals surface area contributed by atoms with Gasteiger partial charge >= 0.3 is 23.9 Å². The molecule has 122 heavy (non-hydrogen) atoms. The van der Waals surface area contributed by atoms with E-state index in [1.807, 2.05) is 220 Å². The summed E-state index contributed by atoms with van der Waals surface area (Å²) in [5.74, 6) is -2.09. The van der Waals surface area contributed by atoms with Crippen LogP contribution in [-0.2, 0) is 49.9 Å². The Morgan fingerprint density at radius 2 is 0.615 bits per heavy atom. The molecule has 0 aliphatic carbocycles. The summed E-state index contributed by atoms with van der Waals surface area (Å²) >= 11 is 0. The second kappa shape index (κ2) is 39.9. The fraction of sp³-hybridized carbons (Fsp3) is 0.231. The van der Waals surface area contributed by atoms with Gasteiger partial charge in [0, 0.05) is 165 Å². The number of para-hydroxylation sites is 4. The van der Waals surface area contributed by atoms with E-state index in [1.165, 1.54) is 20.3 Å². The van der Waals surface area contributed by atoms with Gasteiger partial charge in [-0.3, -0.25) is 28.9 Å². The van der Waals surface area contributed by atoms with Gasteiger partial charge in [0.1, 0.15) is 0 Å². The number of ketones is 4. The first-order valence-corrected chi connectivity index (χ1v) is 42.0. The maximum absolute atomic E-state index is 13.8. The summed E-state index contributed by atoms with van der Waals surface area (Å²) in [6.07, 6.45) is 16.7. The summed E-state index contributed by atoms with van der Waals surface area (Å²) in [6.45, 7) is 14.2. The lowest BCUT2D eigenvalue weighted by Gasteiger charge is -2.26. The van der Waals surface area contributed by atoms with Gasteiger partial charge in [-0.2, -0.15) is 0 Å². The number of methoxy groups -OCH3 is 2. The monoisotopic (exact) mass is 1630 g/mol. The average molecular weight is 1630 g/mol.